The van der Waals surface area contributed by atoms with E-state index < -0.39 is 0 Å². The molecular weight excluding hydrogens is 450 g/mol. The third kappa shape index (κ3) is 3.82. The Morgan fingerprint density at radius 1 is 1.03 bits per heavy atom. The monoisotopic (exact) mass is 481 g/mol. The van der Waals surface area contributed by atoms with Gasteiger partial charge in [-0.05, 0) is 67.4 Å². The Morgan fingerprint density at radius 3 is 2.52 bits per heavy atom. The van der Waals surface area contributed by atoms with E-state index in [1.807, 2.05) is 12.3 Å². The first-order chi connectivity index (χ1) is 15.0. The second-order valence-electron chi connectivity index (χ2n) is 10.9. The highest BCUT2D eigenvalue weighted by Gasteiger charge is 2.57. The van der Waals surface area contributed by atoms with Crippen molar-refractivity contribution in [2.45, 2.75) is 55.8 Å². The van der Waals surface area contributed by atoms with Crippen molar-refractivity contribution in [3.63, 3.8) is 0 Å². The molecule has 0 spiro atoms. The van der Waals surface area contributed by atoms with E-state index in [1.54, 1.807) is 0 Å². The lowest BCUT2D eigenvalue weighted by Crippen LogP contribution is -2.55. The molecular formula is C26H32BrN3O. The summed E-state index contributed by atoms with van der Waals surface area (Å²) >= 11 is 4.10. The Kier molecular flexibility index (Phi) is 4.91. The van der Waals surface area contributed by atoms with E-state index in [-0.39, 0.29) is 5.41 Å². The summed E-state index contributed by atoms with van der Waals surface area (Å²) in [4.78, 5) is 22.5. The Labute approximate surface area is 193 Å². The van der Waals surface area contributed by atoms with Crippen LogP contribution in [0.25, 0.3) is 10.9 Å². The quantitative estimate of drug-likeness (QED) is 0.576. The average Bonchev–Trinajstić information content (AvgIpc) is 2.72. The van der Waals surface area contributed by atoms with Crippen LogP contribution in [0.2, 0.25) is 0 Å². The van der Waals surface area contributed by atoms with Gasteiger partial charge < -0.3 is 4.90 Å². The Bertz CT molecular complexity index is 980. The van der Waals surface area contributed by atoms with Crippen LogP contribution in [0, 0.1) is 17.3 Å². The summed E-state index contributed by atoms with van der Waals surface area (Å²) in [6.45, 7) is 4.54. The second-order valence-corrected chi connectivity index (χ2v) is 12.6. The van der Waals surface area contributed by atoms with Gasteiger partial charge in [0.1, 0.15) is 0 Å². The van der Waals surface area contributed by atoms with Crippen LogP contribution < -0.4 is 0 Å². The molecule has 164 valence electrons. The number of hydrogen-bond acceptors (Lipinski definition) is 3. The second kappa shape index (κ2) is 7.55. The maximum absolute atomic E-state index is 13.3. The van der Waals surface area contributed by atoms with Crippen LogP contribution in [-0.4, -0.2) is 51.2 Å². The summed E-state index contributed by atoms with van der Waals surface area (Å²) in [5.41, 5.74) is 2.67. The molecule has 1 amide bonds. The van der Waals surface area contributed by atoms with Crippen LogP contribution in [0.15, 0.2) is 36.5 Å². The highest BCUT2D eigenvalue weighted by atomic mass is 79.9. The maximum atomic E-state index is 13.3. The Morgan fingerprint density at radius 2 is 1.77 bits per heavy atom. The fourth-order valence-corrected chi connectivity index (χ4v) is 9.18. The summed E-state index contributed by atoms with van der Waals surface area (Å²) in [5.74, 6) is 2.10. The fourth-order valence-electron chi connectivity index (χ4n) is 7.67. The van der Waals surface area contributed by atoms with Gasteiger partial charge in [-0.3, -0.25) is 14.7 Å². The lowest BCUT2D eigenvalue weighted by molar-refractivity contribution is -0.140. The molecule has 1 aromatic carbocycles. The third-order valence-corrected chi connectivity index (χ3v) is 9.40. The van der Waals surface area contributed by atoms with E-state index in [0.717, 1.165) is 56.5 Å². The van der Waals surface area contributed by atoms with Gasteiger partial charge in [-0.2, -0.15) is 0 Å². The topological polar surface area (TPSA) is 36.4 Å². The SMILES string of the molecule is O=C(CC12CC3CC(CC(Br)(C3)C1)C2)N1CCN(Cc2cccc3cccnc23)CC1. The summed E-state index contributed by atoms with van der Waals surface area (Å²) in [6.07, 6.45) is 10.5. The third-order valence-electron chi connectivity index (χ3n) is 8.47. The number of aromatic nitrogens is 1. The number of para-hydroxylation sites is 1. The molecule has 2 aromatic rings. The predicted octanol–water partition coefficient (Wildman–Crippen LogP) is 5.00. The van der Waals surface area contributed by atoms with Gasteiger partial charge in [0.2, 0.25) is 5.91 Å². The van der Waals surface area contributed by atoms with Crippen molar-refractivity contribution in [2.24, 2.45) is 17.3 Å². The average molecular weight is 482 g/mol. The molecule has 7 rings (SSSR count). The summed E-state index contributed by atoms with van der Waals surface area (Å²) < 4.78 is 0.336. The van der Waals surface area contributed by atoms with Crippen LogP contribution in [0.1, 0.15) is 50.5 Å². The lowest BCUT2D eigenvalue weighted by atomic mass is 9.48. The van der Waals surface area contributed by atoms with Crippen molar-refractivity contribution in [3.8, 4) is 0 Å². The van der Waals surface area contributed by atoms with Gasteiger partial charge in [0, 0.05) is 55.1 Å². The molecule has 2 heterocycles. The van der Waals surface area contributed by atoms with Crippen molar-refractivity contribution < 1.29 is 4.79 Å². The number of halogens is 1. The predicted molar refractivity (Wildman–Crippen MR) is 127 cm³/mol. The first-order valence-corrected chi connectivity index (χ1v) is 12.8. The minimum Gasteiger partial charge on any atom is -0.340 e. The molecule has 4 saturated carbocycles. The van der Waals surface area contributed by atoms with Gasteiger partial charge in [0.25, 0.3) is 0 Å². The number of carbonyl (C=O) groups is 1. The number of amides is 1. The number of hydrogen-bond donors (Lipinski definition) is 0. The molecule has 4 aliphatic carbocycles. The standard InChI is InChI=1S/C26H32BrN3O/c27-26-14-19-11-20(15-26)13-25(12-19,18-26)16-23(31)30-9-7-29(8-10-30)17-22-4-1-3-21-5-2-6-28-24(21)22/h1-6,19-20H,7-18H2. The maximum Gasteiger partial charge on any atom is 0.223 e. The molecule has 2 unspecified atom stereocenters. The van der Waals surface area contributed by atoms with Crippen molar-refractivity contribution in [3.05, 3.63) is 42.1 Å². The Balaban J connectivity index is 1.08. The van der Waals surface area contributed by atoms with E-state index in [2.05, 4.69) is 55.0 Å². The normalized spacial score (nSPS) is 35.1. The van der Waals surface area contributed by atoms with Crippen molar-refractivity contribution in [2.75, 3.05) is 26.2 Å². The van der Waals surface area contributed by atoms with E-state index in [9.17, 15) is 4.79 Å². The minimum atomic E-state index is 0.274. The van der Waals surface area contributed by atoms with Crippen LogP contribution in [-0.2, 0) is 11.3 Å². The van der Waals surface area contributed by atoms with Crippen molar-refractivity contribution >= 4 is 32.7 Å². The summed E-state index contributed by atoms with van der Waals surface area (Å²) in [7, 11) is 0. The molecule has 1 aromatic heterocycles. The summed E-state index contributed by atoms with van der Waals surface area (Å²) in [6, 6.07) is 10.6. The Hall–Kier alpha value is -1.46. The zero-order valence-corrected chi connectivity index (χ0v) is 19.8. The number of alkyl halides is 1. The van der Waals surface area contributed by atoms with Gasteiger partial charge in [0.05, 0.1) is 5.52 Å². The molecule has 31 heavy (non-hydrogen) atoms. The highest BCUT2D eigenvalue weighted by Crippen LogP contribution is 2.65. The van der Waals surface area contributed by atoms with E-state index in [1.165, 1.54) is 49.5 Å². The largest absolute Gasteiger partial charge is 0.340 e. The smallest absolute Gasteiger partial charge is 0.223 e. The molecule has 4 nitrogen and oxygen atoms in total. The fraction of sp³-hybridized carbons (Fsp3) is 0.615. The van der Waals surface area contributed by atoms with Gasteiger partial charge in [0.15, 0.2) is 0 Å². The lowest BCUT2D eigenvalue weighted by Gasteiger charge is -2.60. The zero-order chi connectivity index (χ0) is 21.1. The molecule has 5 fully saturated rings. The van der Waals surface area contributed by atoms with Gasteiger partial charge in [-0.15, -0.1) is 0 Å². The molecule has 5 aliphatic rings. The van der Waals surface area contributed by atoms with E-state index in [4.69, 9.17) is 0 Å². The number of piperazine rings is 1. The molecule has 0 N–H and O–H groups in total. The van der Waals surface area contributed by atoms with E-state index in [0.29, 0.717) is 10.2 Å². The number of benzene rings is 1. The van der Waals surface area contributed by atoms with Crippen molar-refractivity contribution in [1.82, 2.24) is 14.8 Å². The van der Waals surface area contributed by atoms with Crippen molar-refractivity contribution in [1.29, 1.82) is 0 Å². The molecule has 4 bridgehead atoms. The van der Waals surface area contributed by atoms with Gasteiger partial charge >= 0.3 is 0 Å². The van der Waals surface area contributed by atoms with Crippen LogP contribution in [0.4, 0.5) is 0 Å². The molecule has 2 atom stereocenters. The molecule has 0 radical (unpaired) electrons. The zero-order valence-electron chi connectivity index (χ0n) is 18.2. The number of nitrogens with zero attached hydrogens (tertiary/aromatic N) is 3. The number of fused-ring (bicyclic) bond motifs is 1. The van der Waals surface area contributed by atoms with E-state index >= 15 is 0 Å². The summed E-state index contributed by atoms with van der Waals surface area (Å²) in [5, 5.41) is 1.20. The van der Waals surface area contributed by atoms with Crippen LogP contribution in [0.5, 0.6) is 0 Å². The van der Waals surface area contributed by atoms with Crippen LogP contribution in [0.3, 0.4) is 0 Å². The van der Waals surface area contributed by atoms with Gasteiger partial charge in [-0.25, -0.2) is 0 Å². The molecule has 1 aliphatic heterocycles. The van der Waals surface area contributed by atoms with Gasteiger partial charge in [-0.1, -0.05) is 40.2 Å². The number of rotatable bonds is 4. The number of pyridine rings is 1. The molecule has 1 saturated heterocycles. The first-order valence-electron chi connectivity index (χ1n) is 12.0. The minimum absolute atomic E-state index is 0.274. The highest BCUT2D eigenvalue weighted by molar-refractivity contribution is 9.10. The molecule has 5 heteroatoms. The first kappa shape index (κ1) is 20.2. The van der Waals surface area contributed by atoms with Crippen LogP contribution >= 0.6 is 15.9 Å². The number of carbonyl (C=O) groups excluding carboxylic acids is 1.